The number of fused-ring (bicyclic) bond motifs is 1. The third kappa shape index (κ3) is 3.14. The lowest BCUT2D eigenvalue weighted by Gasteiger charge is -2.37. The quantitative estimate of drug-likeness (QED) is 0.465. The Kier molecular flexibility index (Phi) is 5.03. The van der Waals surface area contributed by atoms with Gasteiger partial charge in [0.25, 0.3) is 0 Å². The molecule has 20 heavy (non-hydrogen) atoms. The van der Waals surface area contributed by atoms with Crippen molar-refractivity contribution in [2.75, 3.05) is 13.7 Å². The number of esters is 1. The van der Waals surface area contributed by atoms with Gasteiger partial charge >= 0.3 is 5.97 Å². The zero-order chi connectivity index (χ0) is 14.7. The highest BCUT2D eigenvalue weighted by Gasteiger charge is 2.48. The summed E-state index contributed by atoms with van der Waals surface area (Å²) >= 11 is 1.34. The van der Waals surface area contributed by atoms with E-state index >= 15 is 0 Å². The number of aliphatic hydroxyl groups is 2. The van der Waals surface area contributed by atoms with Gasteiger partial charge in [-0.2, -0.15) is 0 Å². The maximum atomic E-state index is 11.3. The van der Waals surface area contributed by atoms with Crippen molar-refractivity contribution in [3.8, 4) is 0 Å². The van der Waals surface area contributed by atoms with Crippen LogP contribution < -0.4 is 5.32 Å². The van der Waals surface area contributed by atoms with Gasteiger partial charge in [0, 0.05) is 13.1 Å². The van der Waals surface area contributed by atoms with Crippen molar-refractivity contribution in [2.24, 2.45) is 4.99 Å². The van der Waals surface area contributed by atoms with Crippen LogP contribution in [0.25, 0.3) is 0 Å². The molecule has 2 aliphatic rings. The molecule has 2 rings (SSSR count). The van der Waals surface area contributed by atoms with Crippen molar-refractivity contribution in [1.82, 2.24) is 5.32 Å². The highest BCUT2D eigenvalue weighted by Crippen LogP contribution is 2.34. The molecule has 0 aromatic carbocycles. The van der Waals surface area contributed by atoms with E-state index in [4.69, 9.17) is 9.47 Å². The summed E-state index contributed by atoms with van der Waals surface area (Å²) in [5.41, 5.74) is -0.357. The number of aliphatic hydroxyl groups excluding tert-OH is 2. The Morgan fingerprint density at radius 1 is 1.55 bits per heavy atom. The first-order valence-electron chi connectivity index (χ1n) is 6.33. The van der Waals surface area contributed by atoms with E-state index in [1.54, 1.807) is 14.0 Å². The van der Waals surface area contributed by atoms with Gasteiger partial charge in [-0.15, -0.1) is 0 Å². The minimum absolute atomic E-state index is 0.278. The number of hydrogen-bond acceptors (Lipinski definition) is 7. The summed E-state index contributed by atoms with van der Waals surface area (Å²) in [6.45, 7) is 1.99. The van der Waals surface area contributed by atoms with Crippen molar-refractivity contribution in [3.05, 3.63) is 12.2 Å². The van der Waals surface area contributed by atoms with Crippen LogP contribution in [0.1, 0.15) is 6.92 Å². The Morgan fingerprint density at radius 3 is 2.95 bits per heavy atom. The number of nitrogens with zero attached hydrogens (tertiary/aromatic N) is 1. The van der Waals surface area contributed by atoms with E-state index in [1.165, 1.54) is 23.9 Å². The van der Waals surface area contributed by atoms with Gasteiger partial charge < -0.3 is 25.0 Å². The lowest BCUT2D eigenvalue weighted by Crippen LogP contribution is -2.58. The highest BCUT2D eigenvalue weighted by molar-refractivity contribution is 8.14. The summed E-state index contributed by atoms with van der Waals surface area (Å²) in [4.78, 5) is 15.3. The molecule has 2 fully saturated rings. The molecule has 3 N–H and O–H groups in total. The zero-order valence-corrected chi connectivity index (χ0v) is 12.0. The molecule has 0 unspecified atom stereocenters. The smallest absolute Gasteiger partial charge is 0.330 e. The molecule has 0 radical (unpaired) electrons. The van der Waals surface area contributed by atoms with Gasteiger partial charge in [0.1, 0.15) is 23.7 Å². The standard InChI is InChI=1S/C12H18N2O5S/c1-3-18-7(15)5-4-6-9(16)10(17)8-11(19-6)20-12(13-2)14-8/h4-6,8-11,16-17H,3H2,1-2H3,(H,13,14)/b5-4+/t6-,8-,9-,10-,11-/m1/s1. The van der Waals surface area contributed by atoms with Gasteiger partial charge in [-0.05, 0) is 13.0 Å². The molecule has 0 aliphatic carbocycles. The normalized spacial score (nSPS) is 38.8. The maximum Gasteiger partial charge on any atom is 0.330 e. The van der Waals surface area contributed by atoms with Crippen LogP contribution >= 0.6 is 11.8 Å². The summed E-state index contributed by atoms with van der Waals surface area (Å²) in [7, 11) is 1.63. The van der Waals surface area contributed by atoms with Gasteiger partial charge in [-0.25, -0.2) is 4.79 Å². The van der Waals surface area contributed by atoms with Crippen molar-refractivity contribution in [3.63, 3.8) is 0 Å². The van der Waals surface area contributed by atoms with Crippen molar-refractivity contribution in [1.29, 1.82) is 0 Å². The minimum Gasteiger partial charge on any atom is -0.463 e. The van der Waals surface area contributed by atoms with E-state index in [1.807, 2.05) is 0 Å². The lowest BCUT2D eigenvalue weighted by atomic mass is 9.97. The zero-order valence-electron chi connectivity index (χ0n) is 11.2. The third-order valence-corrected chi connectivity index (χ3v) is 4.23. The molecule has 0 aromatic rings. The monoisotopic (exact) mass is 302 g/mol. The van der Waals surface area contributed by atoms with Crippen LogP contribution in [0, 0.1) is 0 Å². The minimum atomic E-state index is -1.12. The number of hydrogen-bond donors (Lipinski definition) is 3. The van der Waals surface area contributed by atoms with Crippen LogP contribution in [-0.4, -0.2) is 64.8 Å². The van der Waals surface area contributed by atoms with Crippen LogP contribution in [0.5, 0.6) is 0 Å². The van der Waals surface area contributed by atoms with E-state index in [2.05, 4.69) is 10.3 Å². The number of thioether (sulfide) groups is 1. The Labute approximate surface area is 121 Å². The Hall–Kier alpha value is -1.09. The number of nitrogens with one attached hydrogen (secondary N) is 1. The van der Waals surface area contributed by atoms with Gasteiger partial charge in [-0.3, -0.25) is 4.99 Å². The number of carbonyl (C=O) groups excluding carboxylic acids is 1. The topological polar surface area (TPSA) is 100 Å². The van der Waals surface area contributed by atoms with Gasteiger partial charge in [-0.1, -0.05) is 11.8 Å². The Balaban J connectivity index is 2.04. The molecule has 2 aliphatic heterocycles. The van der Waals surface area contributed by atoms with Crippen LogP contribution in [-0.2, 0) is 14.3 Å². The fraction of sp³-hybridized carbons (Fsp3) is 0.667. The van der Waals surface area contributed by atoms with Gasteiger partial charge in [0.15, 0.2) is 5.17 Å². The predicted molar refractivity (Wildman–Crippen MR) is 74.3 cm³/mol. The van der Waals surface area contributed by atoms with Crippen LogP contribution in [0.4, 0.5) is 0 Å². The van der Waals surface area contributed by atoms with Crippen LogP contribution in [0.2, 0.25) is 0 Å². The summed E-state index contributed by atoms with van der Waals surface area (Å²) in [5.74, 6) is -0.507. The molecular formula is C12H18N2O5S. The molecule has 2 heterocycles. The van der Waals surface area contributed by atoms with E-state index in [0.29, 0.717) is 5.17 Å². The van der Waals surface area contributed by atoms with Crippen molar-refractivity contribution in [2.45, 2.75) is 36.7 Å². The SMILES string of the molecule is CCOC(=O)/C=C/[C@H]1O[C@@H]2SC(=NC)N[C@@H]2[C@@H](O)[C@@H]1O. The molecule has 0 bridgehead atoms. The summed E-state index contributed by atoms with van der Waals surface area (Å²) in [6, 6.07) is -0.416. The fourth-order valence-corrected chi connectivity index (χ4v) is 3.16. The Morgan fingerprint density at radius 2 is 2.30 bits per heavy atom. The van der Waals surface area contributed by atoms with Crippen molar-refractivity contribution < 1.29 is 24.5 Å². The first-order chi connectivity index (χ1) is 9.56. The average Bonchev–Trinajstić information content (AvgIpc) is 2.85. The Bertz CT molecular complexity index is 428. The van der Waals surface area contributed by atoms with E-state index in [9.17, 15) is 15.0 Å². The maximum absolute atomic E-state index is 11.3. The number of carbonyl (C=O) groups is 1. The summed E-state index contributed by atoms with van der Waals surface area (Å²) in [5, 5.41) is 23.8. The highest BCUT2D eigenvalue weighted by atomic mass is 32.2. The molecule has 0 spiro atoms. The molecular weight excluding hydrogens is 284 g/mol. The molecule has 5 atom stereocenters. The lowest BCUT2D eigenvalue weighted by molar-refractivity contribution is -0.141. The second-order valence-corrected chi connectivity index (χ2v) is 5.47. The average molecular weight is 302 g/mol. The second-order valence-electron chi connectivity index (χ2n) is 4.38. The number of ether oxygens (including phenoxy) is 2. The summed E-state index contributed by atoms with van der Waals surface area (Å²) in [6.07, 6.45) is -0.277. The second kappa shape index (κ2) is 6.57. The third-order valence-electron chi connectivity index (χ3n) is 3.07. The van der Waals surface area contributed by atoms with E-state index in [0.717, 1.165) is 0 Å². The fourth-order valence-electron chi connectivity index (χ4n) is 2.07. The summed E-state index contributed by atoms with van der Waals surface area (Å²) < 4.78 is 10.4. The molecule has 7 nitrogen and oxygen atoms in total. The number of rotatable bonds is 3. The van der Waals surface area contributed by atoms with E-state index in [-0.39, 0.29) is 12.0 Å². The predicted octanol–water partition coefficient (Wildman–Crippen LogP) is -0.757. The van der Waals surface area contributed by atoms with Crippen LogP contribution in [0.3, 0.4) is 0 Å². The molecule has 0 saturated carbocycles. The first-order valence-corrected chi connectivity index (χ1v) is 7.21. The largest absolute Gasteiger partial charge is 0.463 e. The molecule has 0 amide bonds. The molecule has 112 valence electrons. The van der Waals surface area contributed by atoms with Crippen molar-refractivity contribution >= 4 is 22.9 Å². The van der Waals surface area contributed by atoms with Gasteiger partial charge in [0.2, 0.25) is 0 Å². The molecule has 8 heteroatoms. The molecule has 2 saturated heterocycles. The molecule has 0 aromatic heterocycles. The van der Waals surface area contributed by atoms with Gasteiger partial charge in [0.05, 0.1) is 12.6 Å². The number of aliphatic imine (C=N–C) groups is 1. The first kappa shape index (κ1) is 15.3. The number of amidine groups is 1. The van der Waals surface area contributed by atoms with Crippen LogP contribution in [0.15, 0.2) is 17.1 Å². The van der Waals surface area contributed by atoms with E-state index < -0.39 is 30.3 Å².